The number of hydrogen-bond donors (Lipinski definition) is 2. The monoisotopic (exact) mass is 506 g/mol. The zero-order valence-electron chi connectivity index (χ0n) is 20.9. The minimum Gasteiger partial charge on any atom is -0.495 e. The van der Waals surface area contributed by atoms with Crippen LogP contribution in [0.4, 0.5) is 30.6 Å². The number of methoxy groups -OCH3 is 1. The van der Waals surface area contributed by atoms with Gasteiger partial charge in [0, 0.05) is 30.9 Å². The topological polar surface area (TPSA) is 82.6 Å². The van der Waals surface area contributed by atoms with Gasteiger partial charge in [0.05, 0.1) is 12.8 Å². The SMILES string of the molecule is COc1ccc(C(=O)N(C)C2CCN(C)CC2)cc1Nc1ncc(C(F)(F)F)c(NC2CCCC2)n1. The van der Waals surface area contributed by atoms with Crippen LogP contribution in [0.5, 0.6) is 5.75 Å². The number of nitrogens with one attached hydrogen (secondary N) is 2. The van der Waals surface area contributed by atoms with Crippen LogP contribution in [0, 0.1) is 0 Å². The molecule has 0 spiro atoms. The molecular formula is C25H33F3N6O2. The first kappa shape index (κ1) is 26.0. The molecule has 196 valence electrons. The minimum absolute atomic E-state index is 0.0185. The van der Waals surface area contributed by atoms with Gasteiger partial charge in [-0.3, -0.25) is 4.79 Å². The van der Waals surface area contributed by atoms with E-state index in [4.69, 9.17) is 4.74 Å². The first-order chi connectivity index (χ1) is 17.2. The Morgan fingerprint density at radius 2 is 1.86 bits per heavy atom. The van der Waals surface area contributed by atoms with Crippen LogP contribution in [0.15, 0.2) is 24.4 Å². The number of halogens is 3. The van der Waals surface area contributed by atoms with Gasteiger partial charge in [0.15, 0.2) is 0 Å². The number of carbonyl (C=O) groups excluding carboxylic acids is 1. The molecule has 1 saturated heterocycles. The number of ether oxygens (including phenoxy) is 1. The third-order valence-corrected chi connectivity index (χ3v) is 7.04. The third-order valence-electron chi connectivity index (χ3n) is 7.04. The van der Waals surface area contributed by atoms with Crippen LogP contribution < -0.4 is 15.4 Å². The zero-order valence-corrected chi connectivity index (χ0v) is 20.9. The number of alkyl halides is 3. The van der Waals surface area contributed by atoms with Crippen molar-refractivity contribution in [3.63, 3.8) is 0 Å². The fraction of sp³-hybridized carbons (Fsp3) is 0.560. The van der Waals surface area contributed by atoms with Crippen molar-refractivity contribution in [1.82, 2.24) is 19.8 Å². The Morgan fingerprint density at radius 1 is 1.17 bits per heavy atom. The molecular weight excluding hydrogens is 473 g/mol. The summed E-state index contributed by atoms with van der Waals surface area (Å²) < 4.78 is 46.2. The molecule has 2 aliphatic rings. The summed E-state index contributed by atoms with van der Waals surface area (Å²) in [4.78, 5) is 25.3. The number of benzene rings is 1. The highest BCUT2D eigenvalue weighted by Crippen LogP contribution is 2.36. The van der Waals surface area contributed by atoms with Gasteiger partial charge >= 0.3 is 6.18 Å². The van der Waals surface area contributed by atoms with E-state index in [0.717, 1.165) is 57.8 Å². The molecule has 1 saturated carbocycles. The number of likely N-dealkylation sites (tertiary alicyclic amines) is 1. The number of aromatic nitrogens is 2. The standard InChI is InChI=1S/C25H33F3N6O2/c1-33-12-10-18(11-13-33)34(2)23(35)16-8-9-21(36-3)20(14-16)31-24-29-15-19(25(26,27)28)22(32-24)30-17-6-4-5-7-17/h8-9,14-15,17-18H,4-7,10-13H2,1-3H3,(H2,29,30,31,32). The van der Waals surface area contributed by atoms with E-state index in [1.165, 1.54) is 7.11 Å². The van der Waals surface area contributed by atoms with E-state index in [1.807, 2.05) is 0 Å². The van der Waals surface area contributed by atoms with Crippen LogP contribution in [-0.2, 0) is 6.18 Å². The van der Waals surface area contributed by atoms with Crippen molar-refractivity contribution in [2.24, 2.45) is 0 Å². The number of hydrogen-bond acceptors (Lipinski definition) is 7. The number of carbonyl (C=O) groups is 1. The normalized spacial score (nSPS) is 17.7. The number of nitrogens with zero attached hydrogens (tertiary/aromatic N) is 4. The molecule has 2 N–H and O–H groups in total. The number of rotatable bonds is 7. The van der Waals surface area contributed by atoms with Crippen molar-refractivity contribution in [3.8, 4) is 5.75 Å². The van der Waals surface area contributed by atoms with Crippen LogP contribution in [0.3, 0.4) is 0 Å². The molecule has 11 heteroatoms. The van der Waals surface area contributed by atoms with E-state index in [0.29, 0.717) is 17.0 Å². The van der Waals surface area contributed by atoms with Gasteiger partial charge in [0.25, 0.3) is 5.91 Å². The second-order valence-electron chi connectivity index (χ2n) is 9.57. The van der Waals surface area contributed by atoms with E-state index in [1.54, 1.807) is 30.1 Å². The first-order valence-electron chi connectivity index (χ1n) is 12.3. The molecule has 1 aromatic carbocycles. The summed E-state index contributed by atoms with van der Waals surface area (Å²) in [5.74, 6) is 0.0182. The van der Waals surface area contributed by atoms with Crippen molar-refractivity contribution < 1.29 is 22.7 Å². The average Bonchev–Trinajstić information content (AvgIpc) is 3.36. The van der Waals surface area contributed by atoms with Gasteiger partial charge in [-0.15, -0.1) is 0 Å². The molecule has 1 aromatic heterocycles. The van der Waals surface area contributed by atoms with Crippen LogP contribution >= 0.6 is 0 Å². The Hall–Kier alpha value is -3.08. The third kappa shape index (κ3) is 6.00. The molecule has 2 heterocycles. The van der Waals surface area contributed by atoms with E-state index < -0.39 is 11.7 Å². The van der Waals surface area contributed by atoms with E-state index in [2.05, 4.69) is 32.5 Å². The lowest BCUT2D eigenvalue weighted by Crippen LogP contribution is -2.44. The van der Waals surface area contributed by atoms with Gasteiger partial charge in [0.2, 0.25) is 5.95 Å². The zero-order chi connectivity index (χ0) is 25.9. The molecule has 36 heavy (non-hydrogen) atoms. The molecule has 8 nitrogen and oxygen atoms in total. The smallest absolute Gasteiger partial charge is 0.421 e. The lowest BCUT2D eigenvalue weighted by Gasteiger charge is -2.35. The Labute approximate surface area is 209 Å². The predicted molar refractivity (Wildman–Crippen MR) is 132 cm³/mol. The summed E-state index contributed by atoms with van der Waals surface area (Å²) >= 11 is 0. The fourth-order valence-corrected chi connectivity index (χ4v) is 4.83. The maximum absolute atomic E-state index is 13.6. The van der Waals surface area contributed by atoms with Gasteiger partial charge < -0.3 is 25.2 Å². The van der Waals surface area contributed by atoms with Gasteiger partial charge in [-0.2, -0.15) is 18.2 Å². The Kier molecular flexibility index (Phi) is 7.87. The fourth-order valence-electron chi connectivity index (χ4n) is 4.83. The molecule has 0 unspecified atom stereocenters. The van der Waals surface area contributed by atoms with Crippen molar-refractivity contribution in [1.29, 1.82) is 0 Å². The second kappa shape index (κ2) is 10.9. The summed E-state index contributed by atoms with van der Waals surface area (Å²) in [6, 6.07) is 5.05. The van der Waals surface area contributed by atoms with Gasteiger partial charge in [-0.05, 0) is 64.0 Å². The van der Waals surface area contributed by atoms with Crippen molar-refractivity contribution >= 4 is 23.4 Å². The van der Waals surface area contributed by atoms with Crippen LogP contribution in [0.2, 0.25) is 0 Å². The summed E-state index contributed by atoms with van der Waals surface area (Å²) in [6.45, 7) is 1.86. The van der Waals surface area contributed by atoms with Crippen molar-refractivity contribution in [3.05, 3.63) is 35.5 Å². The summed E-state index contributed by atoms with van der Waals surface area (Å²) in [5, 5.41) is 5.90. The Morgan fingerprint density at radius 3 is 2.50 bits per heavy atom. The van der Waals surface area contributed by atoms with Crippen LogP contribution in [0.1, 0.15) is 54.4 Å². The van der Waals surface area contributed by atoms with Gasteiger partial charge in [0.1, 0.15) is 17.1 Å². The molecule has 2 fully saturated rings. The van der Waals surface area contributed by atoms with Crippen molar-refractivity contribution in [2.45, 2.75) is 56.8 Å². The highest BCUT2D eigenvalue weighted by atomic mass is 19.4. The highest BCUT2D eigenvalue weighted by Gasteiger charge is 2.36. The van der Waals surface area contributed by atoms with E-state index in [-0.39, 0.29) is 29.8 Å². The molecule has 0 atom stereocenters. The van der Waals surface area contributed by atoms with E-state index in [9.17, 15) is 18.0 Å². The average molecular weight is 507 g/mol. The molecule has 1 aliphatic carbocycles. The summed E-state index contributed by atoms with van der Waals surface area (Å²) in [7, 11) is 5.35. The maximum Gasteiger partial charge on any atom is 0.421 e. The Bertz CT molecular complexity index is 1070. The van der Waals surface area contributed by atoms with Crippen molar-refractivity contribution in [2.75, 3.05) is 44.9 Å². The highest BCUT2D eigenvalue weighted by molar-refractivity contribution is 5.96. The predicted octanol–water partition coefficient (Wildman–Crippen LogP) is 4.77. The minimum atomic E-state index is -4.58. The molecule has 0 radical (unpaired) electrons. The number of piperidine rings is 1. The Balaban J connectivity index is 1.57. The van der Waals surface area contributed by atoms with E-state index >= 15 is 0 Å². The number of amides is 1. The largest absolute Gasteiger partial charge is 0.495 e. The lowest BCUT2D eigenvalue weighted by atomic mass is 10.0. The van der Waals surface area contributed by atoms with Crippen LogP contribution in [-0.4, -0.2) is 72.1 Å². The molecule has 4 rings (SSSR count). The van der Waals surface area contributed by atoms with Gasteiger partial charge in [-0.1, -0.05) is 12.8 Å². The number of anilines is 3. The molecule has 1 aliphatic heterocycles. The molecule has 0 bridgehead atoms. The maximum atomic E-state index is 13.6. The summed E-state index contributed by atoms with van der Waals surface area (Å²) in [6.07, 6.45) is 1.54. The molecule has 1 amide bonds. The van der Waals surface area contributed by atoms with Crippen LogP contribution in [0.25, 0.3) is 0 Å². The lowest BCUT2D eigenvalue weighted by molar-refractivity contribution is -0.137. The molecule has 2 aromatic rings. The first-order valence-corrected chi connectivity index (χ1v) is 12.3. The second-order valence-corrected chi connectivity index (χ2v) is 9.57. The summed E-state index contributed by atoms with van der Waals surface area (Å²) in [5.41, 5.74) is -0.0711. The van der Waals surface area contributed by atoms with Gasteiger partial charge in [-0.25, -0.2) is 4.98 Å². The quantitative estimate of drug-likeness (QED) is 0.560.